The molecule has 3 aromatic rings. The van der Waals surface area contributed by atoms with E-state index in [2.05, 4.69) is 52.9 Å². The van der Waals surface area contributed by atoms with E-state index in [0.29, 0.717) is 0 Å². The Labute approximate surface area is 129 Å². The van der Waals surface area contributed by atoms with Gasteiger partial charge in [-0.25, -0.2) is 0 Å². The number of hydrogen-bond donors (Lipinski definition) is 0. The SMILES string of the molecule is Cn1c2c(c3ccccc31)CCN(c1ccc(Cl)cc1)C2. The highest BCUT2D eigenvalue weighted by Gasteiger charge is 2.22. The van der Waals surface area contributed by atoms with Gasteiger partial charge < -0.3 is 9.47 Å². The second-order valence-electron chi connectivity index (χ2n) is 5.65. The van der Waals surface area contributed by atoms with Crippen molar-refractivity contribution in [3.63, 3.8) is 0 Å². The lowest BCUT2D eigenvalue weighted by Gasteiger charge is -2.30. The zero-order chi connectivity index (χ0) is 14.4. The van der Waals surface area contributed by atoms with Crippen LogP contribution < -0.4 is 4.90 Å². The molecule has 3 heteroatoms. The summed E-state index contributed by atoms with van der Waals surface area (Å²) in [5.74, 6) is 0. The minimum absolute atomic E-state index is 0.793. The van der Waals surface area contributed by atoms with Crippen molar-refractivity contribution in [2.45, 2.75) is 13.0 Å². The molecular formula is C18H17ClN2. The maximum Gasteiger partial charge on any atom is 0.0585 e. The van der Waals surface area contributed by atoms with Gasteiger partial charge in [-0.2, -0.15) is 0 Å². The van der Waals surface area contributed by atoms with Gasteiger partial charge in [0.15, 0.2) is 0 Å². The van der Waals surface area contributed by atoms with Gasteiger partial charge in [0.1, 0.15) is 0 Å². The van der Waals surface area contributed by atoms with Gasteiger partial charge in [0, 0.05) is 40.9 Å². The van der Waals surface area contributed by atoms with Crippen LogP contribution in [0.5, 0.6) is 0 Å². The molecular weight excluding hydrogens is 280 g/mol. The van der Waals surface area contributed by atoms with Crippen molar-refractivity contribution >= 4 is 28.2 Å². The van der Waals surface area contributed by atoms with Crippen molar-refractivity contribution in [1.29, 1.82) is 0 Å². The average Bonchev–Trinajstić information content (AvgIpc) is 2.81. The lowest BCUT2D eigenvalue weighted by Crippen LogP contribution is -2.31. The molecule has 1 aromatic heterocycles. The summed E-state index contributed by atoms with van der Waals surface area (Å²) in [5, 5.41) is 2.20. The third-order valence-electron chi connectivity index (χ3n) is 4.51. The van der Waals surface area contributed by atoms with Crippen molar-refractivity contribution < 1.29 is 0 Å². The topological polar surface area (TPSA) is 8.17 Å². The highest BCUT2D eigenvalue weighted by atomic mass is 35.5. The molecule has 1 aliphatic rings. The third kappa shape index (κ3) is 2.02. The van der Waals surface area contributed by atoms with Crippen molar-refractivity contribution in [2.24, 2.45) is 7.05 Å². The molecule has 1 aliphatic heterocycles. The Morgan fingerprint density at radius 2 is 1.76 bits per heavy atom. The average molecular weight is 297 g/mol. The van der Waals surface area contributed by atoms with Crippen LogP contribution in [-0.4, -0.2) is 11.1 Å². The number of halogens is 1. The number of nitrogens with zero attached hydrogens (tertiary/aromatic N) is 2. The quantitative estimate of drug-likeness (QED) is 0.646. The van der Waals surface area contributed by atoms with Gasteiger partial charge >= 0.3 is 0 Å². The largest absolute Gasteiger partial charge is 0.365 e. The van der Waals surface area contributed by atoms with Crippen molar-refractivity contribution in [1.82, 2.24) is 4.57 Å². The number of para-hydroxylation sites is 1. The molecule has 0 unspecified atom stereocenters. The van der Waals surface area contributed by atoms with Crippen molar-refractivity contribution in [3.05, 3.63) is 64.8 Å². The first-order chi connectivity index (χ1) is 10.2. The summed E-state index contributed by atoms with van der Waals surface area (Å²) in [7, 11) is 2.17. The van der Waals surface area contributed by atoms with E-state index in [1.54, 1.807) is 0 Å². The summed E-state index contributed by atoms with van der Waals surface area (Å²) >= 11 is 5.99. The number of fused-ring (bicyclic) bond motifs is 3. The summed E-state index contributed by atoms with van der Waals surface area (Å²) in [4.78, 5) is 2.43. The number of anilines is 1. The summed E-state index contributed by atoms with van der Waals surface area (Å²) in [5.41, 5.74) is 5.52. The summed E-state index contributed by atoms with van der Waals surface area (Å²) in [6, 6.07) is 16.8. The Balaban J connectivity index is 1.76. The smallest absolute Gasteiger partial charge is 0.0585 e. The first-order valence-electron chi connectivity index (χ1n) is 7.30. The van der Waals surface area contributed by atoms with Gasteiger partial charge in [-0.1, -0.05) is 29.8 Å². The normalized spacial score (nSPS) is 14.5. The van der Waals surface area contributed by atoms with E-state index in [9.17, 15) is 0 Å². The molecule has 0 bridgehead atoms. The fourth-order valence-corrected chi connectivity index (χ4v) is 3.51. The fraction of sp³-hybridized carbons (Fsp3) is 0.222. The molecule has 21 heavy (non-hydrogen) atoms. The molecule has 106 valence electrons. The number of aromatic nitrogens is 1. The second kappa shape index (κ2) is 4.81. The minimum atomic E-state index is 0.793. The number of aryl methyl sites for hydroxylation is 1. The van der Waals surface area contributed by atoms with Crippen molar-refractivity contribution in [2.75, 3.05) is 11.4 Å². The van der Waals surface area contributed by atoms with Gasteiger partial charge in [-0.3, -0.25) is 0 Å². The molecule has 0 amide bonds. The molecule has 0 atom stereocenters. The van der Waals surface area contributed by atoms with E-state index in [1.165, 1.54) is 27.8 Å². The van der Waals surface area contributed by atoms with Crippen LogP contribution in [0.25, 0.3) is 10.9 Å². The van der Waals surface area contributed by atoms with E-state index >= 15 is 0 Å². The van der Waals surface area contributed by atoms with Crippen LogP contribution in [0.2, 0.25) is 5.02 Å². The second-order valence-corrected chi connectivity index (χ2v) is 6.09. The Morgan fingerprint density at radius 1 is 1.00 bits per heavy atom. The van der Waals surface area contributed by atoms with Crippen LogP contribution in [0.15, 0.2) is 48.5 Å². The maximum atomic E-state index is 5.99. The molecule has 0 saturated carbocycles. The summed E-state index contributed by atoms with van der Waals surface area (Å²) < 4.78 is 2.34. The molecule has 0 aliphatic carbocycles. The lowest BCUT2D eigenvalue weighted by atomic mass is 10.0. The zero-order valence-electron chi connectivity index (χ0n) is 12.0. The van der Waals surface area contributed by atoms with Gasteiger partial charge in [0.25, 0.3) is 0 Å². The number of benzene rings is 2. The van der Waals surface area contributed by atoms with Crippen LogP contribution in [0, 0.1) is 0 Å². The van der Waals surface area contributed by atoms with E-state index < -0.39 is 0 Å². The predicted molar refractivity (Wildman–Crippen MR) is 89.1 cm³/mol. The fourth-order valence-electron chi connectivity index (χ4n) is 3.38. The molecule has 2 heterocycles. The van der Waals surface area contributed by atoms with E-state index in [4.69, 9.17) is 11.6 Å². The third-order valence-corrected chi connectivity index (χ3v) is 4.76. The van der Waals surface area contributed by atoms with Gasteiger partial charge in [0.05, 0.1) is 6.54 Å². The standard InChI is InChI=1S/C18H17ClN2/c1-20-17-5-3-2-4-15(17)16-10-11-21(12-18(16)20)14-8-6-13(19)7-9-14/h2-9H,10-12H2,1H3. The Hall–Kier alpha value is -1.93. The Kier molecular flexibility index (Phi) is 2.93. The molecule has 0 spiro atoms. The van der Waals surface area contributed by atoms with Crippen LogP contribution in [-0.2, 0) is 20.0 Å². The lowest BCUT2D eigenvalue weighted by molar-refractivity contribution is 0.689. The Morgan fingerprint density at radius 3 is 2.57 bits per heavy atom. The summed E-state index contributed by atoms with van der Waals surface area (Å²) in [6.07, 6.45) is 1.10. The first kappa shape index (κ1) is 12.8. The van der Waals surface area contributed by atoms with E-state index in [1.807, 2.05) is 12.1 Å². The molecule has 2 aromatic carbocycles. The molecule has 0 radical (unpaired) electrons. The van der Waals surface area contributed by atoms with Crippen LogP contribution >= 0.6 is 11.6 Å². The zero-order valence-corrected chi connectivity index (χ0v) is 12.8. The van der Waals surface area contributed by atoms with Crippen LogP contribution in [0.1, 0.15) is 11.3 Å². The molecule has 4 rings (SSSR count). The molecule has 2 nitrogen and oxygen atoms in total. The van der Waals surface area contributed by atoms with Crippen molar-refractivity contribution in [3.8, 4) is 0 Å². The minimum Gasteiger partial charge on any atom is -0.365 e. The monoisotopic (exact) mass is 296 g/mol. The molecule has 0 saturated heterocycles. The molecule has 0 fully saturated rings. The number of hydrogen-bond acceptors (Lipinski definition) is 1. The van der Waals surface area contributed by atoms with E-state index in [0.717, 1.165) is 24.5 Å². The predicted octanol–water partition coefficient (Wildman–Crippen LogP) is 4.39. The van der Waals surface area contributed by atoms with Gasteiger partial charge in [-0.05, 0) is 42.3 Å². The first-order valence-corrected chi connectivity index (χ1v) is 7.67. The summed E-state index contributed by atoms with van der Waals surface area (Å²) in [6.45, 7) is 2.02. The number of rotatable bonds is 1. The van der Waals surface area contributed by atoms with Gasteiger partial charge in [0.2, 0.25) is 0 Å². The van der Waals surface area contributed by atoms with Gasteiger partial charge in [-0.15, -0.1) is 0 Å². The van der Waals surface area contributed by atoms with Crippen LogP contribution in [0.4, 0.5) is 5.69 Å². The maximum absolute atomic E-state index is 5.99. The van der Waals surface area contributed by atoms with E-state index in [-0.39, 0.29) is 0 Å². The highest BCUT2D eigenvalue weighted by molar-refractivity contribution is 6.30. The highest BCUT2D eigenvalue weighted by Crippen LogP contribution is 2.32. The molecule has 0 N–H and O–H groups in total. The Bertz CT molecular complexity index is 802. The van der Waals surface area contributed by atoms with Crippen LogP contribution in [0.3, 0.4) is 0 Å².